The van der Waals surface area contributed by atoms with Crippen LogP contribution in [0.3, 0.4) is 0 Å². The molecule has 1 N–H and O–H groups in total. The van der Waals surface area contributed by atoms with E-state index in [0.29, 0.717) is 6.04 Å². The summed E-state index contributed by atoms with van der Waals surface area (Å²) in [6.45, 7) is 0. The van der Waals surface area contributed by atoms with Gasteiger partial charge in [-0.05, 0) is 36.6 Å². The maximum absolute atomic E-state index is 4.41. The van der Waals surface area contributed by atoms with Crippen molar-refractivity contribution in [1.29, 1.82) is 0 Å². The Morgan fingerprint density at radius 3 is 2.81 bits per heavy atom. The van der Waals surface area contributed by atoms with Crippen LogP contribution in [0.2, 0.25) is 0 Å². The molecule has 1 atom stereocenters. The largest absolute Gasteiger partial charge is 0.376 e. The molecule has 0 radical (unpaired) electrons. The molecule has 1 unspecified atom stereocenters. The number of para-hydroxylation sites is 1. The Morgan fingerprint density at radius 2 is 1.94 bits per heavy atom. The van der Waals surface area contributed by atoms with Crippen LogP contribution in [0.1, 0.15) is 23.7 Å². The zero-order valence-corrected chi connectivity index (χ0v) is 9.06. The number of hydrogen-bond donors (Lipinski definition) is 1. The molecule has 1 aliphatic rings. The molecule has 1 aliphatic heterocycles. The van der Waals surface area contributed by atoms with Crippen LogP contribution in [0.5, 0.6) is 0 Å². The molecule has 2 aromatic rings. The minimum absolute atomic E-state index is 0.357. The highest BCUT2D eigenvalue weighted by atomic mass is 15.0. The summed E-state index contributed by atoms with van der Waals surface area (Å²) in [5.41, 5.74) is 3.80. The average molecular weight is 210 g/mol. The second kappa shape index (κ2) is 3.97. The fraction of sp³-hybridized carbons (Fsp3) is 0.214. The third-order valence-corrected chi connectivity index (χ3v) is 3.09. The summed E-state index contributed by atoms with van der Waals surface area (Å²) < 4.78 is 0. The van der Waals surface area contributed by atoms with Crippen molar-refractivity contribution in [3.63, 3.8) is 0 Å². The minimum atomic E-state index is 0.357. The van der Waals surface area contributed by atoms with Gasteiger partial charge in [-0.3, -0.25) is 4.98 Å². The second-order valence-corrected chi connectivity index (χ2v) is 4.15. The van der Waals surface area contributed by atoms with Crippen LogP contribution in [0.25, 0.3) is 0 Å². The quantitative estimate of drug-likeness (QED) is 0.782. The number of rotatable bonds is 1. The molecule has 0 amide bonds. The zero-order chi connectivity index (χ0) is 10.8. The normalized spacial score (nSPS) is 18.6. The standard InChI is InChI=1S/C14H14N2/c1-2-6-12-11(5-1)8-9-14(16-12)13-7-3-4-10-15-13/h1-7,10,14,16H,8-9H2. The van der Waals surface area contributed by atoms with Crippen molar-refractivity contribution < 1.29 is 0 Å². The fourth-order valence-corrected chi connectivity index (χ4v) is 2.24. The Morgan fingerprint density at radius 1 is 1.06 bits per heavy atom. The Labute approximate surface area is 95.3 Å². The summed E-state index contributed by atoms with van der Waals surface area (Å²) >= 11 is 0. The molecule has 0 spiro atoms. The van der Waals surface area contributed by atoms with Gasteiger partial charge < -0.3 is 5.32 Å². The number of nitrogens with one attached hydrogen (secondary N) is 1. The van der Waals surface area contributed by atoms with Gasteiger partial charge >= 0.3 is 0 Å². The highest BCUT2D eigenvalue weighted by molar-refractivity contribution is 5.54. The number of anilines is 1. The molecule has 2 heterocycles. The molecule has 3 rings (SSSR count). The van der Waals surface area contributed by atoms with Gasteiger partial charge in [0.05, 0.1) is 11.7 Å². The summed E-state index contributed by atoms with van der Waals surface area (Å²) in [6, 6.07) is 15.0. The minimum Gasteiger partial charge on any atom is -0.376 e. The first-order valence-corrected chi connectivity index (χ1v) is 5.69. The first-order valence-electron chi connectivity index (χ1n) is 5.69. The number of benzene rings is 1. The Kier molecular flexibility index (Phi) is 2.33. The van der Waals surface area contributed by atoms with E-state index < -0.39 is 0 Å². The lowest BCUT2D eigenvalue weighted by molar-refractivity contribution is 0.651. The van der Waals surface area contributed by atoms with Gasteiger partial charge in [0, 0.05) is 11.9 Å². The van der Waals surface area contributed by atoms with Gasteiger partial charge in [-0.25, -0.2) is 0 Å². The molecule has 0 bridgehead atoms. The highest BCUT2D eigenvalue weighted by Gasteiger charge is 2.18. The maximum atomic E-state index is 4.41. The van der Waals surface area contributed by atoms with Crippen molar-refractivity contribution in [3.8, 4) is 0 Å². The number of nitrogens with zero attached hydrogens (tertiary/aromatic N) is 1. The van der Waals surface area contributed by atoms with E-state index in [2.05, 4.69) is 40.6 Å². The summed E-state index contributed by atoms with van der Waals surface area (Å²) in [7, 11) is 0. The lowest BCUT2D eigenvalue weighted by Crippen LogP contribution is -2.18. The first-order chi connectivity index (χ1) is 7.93. The lowest BCUT2D eigenvalue weighted by atomic mass is 9.96. The predicted molar refractivity (Wildman–Crippen MR) is 65.4 cm³/mol. The third kappa shape index (κ3) is 1.67. The molecule has 2 heteroatoms. The topological polar surface area (TPSA) is 24.9 Å². The lowest BCUT2D eigenvalue weighted by Gasteiger charge is -2.26. The van der Waals surface area contributed by atoms with Crippen LogP contribution in [0.4, 0.5) is 5.69 Å². The SMILES string of the molecule is c1ccc(C2CCc3ccccc3N2)nc1. The molecular formula is C14H14N2. The first kappa shape index (κ1) is 9.40. The third-order valence-electron chi connectivity index (χ3n) is 3.09. The van der Waals surface area contributed by atoms with Gasteiger partial charge in [0.1, 0.15) is 0 Å². The average Bonchev–Trinajstić information content (AvgIpc) is 2.39. The summed E-state index contributed by atoms with van der Waals surface area (Å²) in [5.74, 6) is 0. The van der Waals surface area contributed by atoms with Gasteiger partial charge in [0.2, 0.25) is 0 Å². The number of pyridine rings is 1. The van der Waals surface area contributed by atoms with Crippen molar-refractivity contribution in [3.05, 3.63) is 59.9 Å². The molecule has 2 nitrogen and oxygen atoms in total. The monoisotopic (exact) mass is 210 g/mol. The van der Waals surface area contributed by atoms with Crippen molar-refractivity contribution in [2.24, 2.45) is 0 Å². The van der Waals surface area contributed by atoms with Gasteiger partial charge in [0.15, 0.2) is 0 Å². The second-order valence-electron chi connectivity index (χ2n) is 4.15. The van der Waals surface area contributed by atoms with Crippen LogP contribution in [-0.4, -0.2) is 4.98 Å². The predicted octanol–water partition coefficient (Wildman–Crippen LogP) is 3.18. The van der Waals surface area contributed by atoms with Crippen LogP contribution in [0.15, 0.2) is 48.7 Å². The van der Waals surface area contributed by atoms with E-state index in [1.807, 2.05) is 18.3 Å². The van der Waals surface area contributed by atoms with E-state index in [9.17, 15) is 0 Å². The van der Waals surface area contributed by atoms with Crippen molar-refractivity contribution in [2.75, 3.05) is 5.32 Å². The van der Waals surface area contributed by atoms with E-state index in [1.165, 1.54) is 11.3 Å². The van der Waals surface area contributed by atoms with Crippen LogP contribution in [-0.2, 0) is 6.42 Å². The molecule has 16 heavy (non-hydrogen) atoms. The number of hydrogen-bond acceptors (Lipinski definition) is 2. The summed E-state index contributed by atoms with van der Waals surface area (Å²) in [6.07, 6.45) is 4.11. The van der Waals surface area contributed by atoms with Gasteiger partial charge in [-0.2, -0.15) is 0 Å². The van der Waals surface area contributed by atoms with Crippen LogP contribution >= 0.6 is 0 Å². The van der Waals surface area contributed by atoms with Crippen LogP contribution < -0.4 is 5.32 Å². The van der Waals surface area contributed by atoms with Crippen molar-refractivity contribution in [2.45, 2.75) is 18.9 Å². The number of fused-ring (bicyclic) bond motifs is 1. The van der Waals surface area contributed by atoms with Crippen molar-refractivity contribution in [1.82, 2.24) is 4.98 Å². The molecule has 0 aliphatic carbocycles. The van der Waals surface area contributed by atoms with E-state index in [1.54, 1.807) is 0 Å². The van der Waals surface area contributed by atoms with Gasteiger partial charge in [-0.1, -0.05) is 24.3 Å². The Hall–Kier alpha value is -1.83. The Bertz CT molecular complexity index is 479. The zero-order valence-electron chi connectivity index (χ0n) is 9.06. The molecule has 0 saturated heterocycles. The van der Waals surface area contributed by atoms with Gasteiger partial charge in [-0.15, -0.1) is 0 Å². The van der Waals surface area contributed by atoms with E-state index in [4.69, 9.17) is 0 Å². The van der Waals surface area contributed by atoms with Crippen molar-refractivity contribution >= 4 is 5.69 Å². The van der Waals surface area contributed by atoms with Gasteiger partial charge in [0.25, 0.3) is 0 Å². The Balaban J connectivity index is 1.89. The molecule has 1 aromatic carbocycles. The molecule has 0 saturated carbocycles. The van der Waals surface area contributed by atoms with Crippen LogP contribution in [0, 0.1) is 0 Å². The fourth-order valence-electron chi connectivity index (χ4n) is 2.24. The van der Waals surface area contributed by atoms with E-state index in [0.717, 1.165) is 18.5 Å². The summed E-state index contributed by atoms with van der Waals surface area (Å²) in [4.78, 5) is 4.41. The number of aryl methyl sites for hydroxylation is 1. The van der Waals surface area contributed by atoms with E-state index >= 15 is 0 Å². The maximum Gasteiger partial charge on any atom is 0.0688 e. The number of aromatic nitrogens is 1. The highest BCUT2D eigenvalue weighted by Crippen LogP contribution is 2.31. The molecule has 80 valence electrons. The molecular weight excluding hydrogens is 196 g/mol. The van der Waals surface area contributed by atoms with E-state index in [-0.39, 0.29) is 0 Å². The summed E-state index contributed by atoms with van der Waals surface area (Å²) in [5, 5.41) is 3.55. The smallest absolute Gasteiger partial charge is 0.0688 e. The molecule has 1 aromatic heterocycles. The molecule has 0 fully saturated rings.